The number of nitrogens with zero attached hydrogens (tertiary/aromatic N) is 2. The Hall–Kier alpha value is -2.19. The Morgan fingerprint density at radius 2 is 1.85 bits per heavy atom. The van der Waals surface area contributed by atoms with E-state index in [1.54, 1.807) is 18.2 Å². The van der Waals surface area contributed by atoms with Crippen LogP contribution in [-0.2, 0) is 10.0 Å². The van der Waals surface area contributed by atoms with Crippen molar-refractivity contribution in [3.05, 3.63) is 63.9 Å². The molecule has 2 aromatic rings. The molecule has 0 radical (unpaired) electrons. The molecule has 0 saturated heterocycles. The third-order valence-corrected chi connectivity index (χ3v) is 4.01. The van der Waals surface area contributed by atoms with E-state index in [4.69, 9.17) is 11.6 Å². The zero-order valence-electron chi connectivity index (χ0n) is 9.93. The van der Waals surface area contributed by atoms with Crippen molar-refractivity contribution in [3.8, 4) is 0 Å². The minimum absolute atomic E-state index is 0.124. The molecule has 0 spiro atoms. The van der Waals surface area contributed by atoms with Crippen LogP contribution in [0, 0.1) is 10.1 Å². The lowest BCUT2D eigenvalue weighted by Crippen LogP contribution is -2.47. The summed E-state index contributed by atoms with van der Waals surface area (Å²) in [6.45, 7) is 0. The average molecular weight is 315 g/mol. The Kier molecular flexibility index (Phi) is 3.86. The number of hydrogen-bond donors (Lipinski definition) is 1. The zero-order chi connectivity index (χ0) is 14.8. The summed E-state index contributed by atoms with van der Waals surface area (Å²) in [4.78, 5) is 12.0. The molecule has 0 aliphatic carbocycles. The van der Waals surface area contributed by atoms with Crippen LogP contribution in [0.5, 0.6) is 0 Å². The number of rotatable bonds is 4. The number of benzene rings is 1. The van der Waals surface area contributed by atoms with E-state index in [0.29, 0.717) is 0 Å². The van der Waals surface area contributed by atoms with Gasteiger partial charge < -0.3 is 0 Å². The summed E-state index contributed by atoms with van der Waals surface area (Å²) in [7, 11) is -3.94. The van der Waals surface area contributed by atoms with Gasteiger partial charge in [-0.25, -0.2) is 0 Å². The van der Waals surface area contributed by atoms with E-state index in [9.17, 15) is 18.5 Å². The Bertz CT molecular complexity index is 750. The van der Waals surface area contributed by atoms with Gasteiger partial charge in [0.1, 0.15) is 5.02 Å². The number of halogens is 1. The van der Waals surface area contributed by atoms with Gasteiger partial charge in [-0.2, -0.15) is 8.42 Å². The van der Waals surface area contributed by atoms with Gasteiger partial charge in [0.25, 0.3) is 5.69 Å². The number of pyridine rings is 1. The Morgan fingerprint density at radius 1 is 1.20 bits per heavy atom. The van der Waals surface area contributed by atoms with Crippen LogP contribution < -0.4 is 9.51 Å². The summed E-state index contributed by atoms with van der Waals surface area (Å²) in [5, 5.41) is 10.6. The summed E-state index contributed by atoms with van der Waals surface area (Å²) in [6.07, 6.45) is 2.98. The zero-order valence-corrected chi connectivity index (χ0v) is 11.5. The van der Waals surface area contributed by atoms with Crippen LogP contribution in [0.2, 0.25) is 5.02 Å². The average Bonchev–Trinajstić information content (AvgIpc) is 2.39. The largest absolute Gasteiger partial charge is 0.306 e. The quantitative estimate of drug-likeness (QED) is 0.525. The van der Waals surface area contributed by atoms with Crippen LogP contribution in [0.15, 0.2) is 53.7 Å². The first-order valence-electron chi connectivity index (χ1n) is 5.33. The van der Waals surface area contributed by atoms with Crippen LogP contribution in [0.25, 0.3) is 0 Å². The minimum atomic E-state index is -3.94. The van der Waals surface area contributed by atoms with Gasteiger partial charge >= 0.3 is 10.0 Å². The van der Waals surface area contributed by atoms with Crippen LogP contribution in [0.4, 0.5) is 5.69 Å². The third kappa shape index (κ3) is 3.03. The molecule has 0 amide bonds. The van der Waals surface area contributed by atoms with Crippen molar-refractivity contribution >= 4 is 27.3 Å². The molecule has 9 heteroatoms. The number of nitro groups is 1. The van der Waals surface area contributed by atoms with Crippen molar-refractivity contribution in [1.82, 2.24) is 0 Å². The standard InChI is InChI=1S/C11H9ClN3O4S/c12-10-5-4-9(8-11(10)15(16)17)20(18,19)13-14-6-2-1-3-7-14/h1-8,13H/q+1. The van der Waals surface area contributed by atoms with Crippen LogP contribution in [0.1, 0.15) is 0 Å². The fourth-order valence-electron chi connectivity index (χ4n) is 1.45. The van der Waals surface area contributed by atoms with Gasteiger partial charge in [0.2, 0.25) is 12.4 Å². The van der Waals surface area contributed by atoms with Gasteiger partial charge in [-0.05, 0) is 12.1 Å². The highest BCUT2D eigenvalue weighted by Gasteiger charge is 2.23. The third-order valence-electron chi connectivity index (χ3n) is 2.37. The predicted molar refractivity (Wildman–Crippen MR) is 71.3 cm³/mol. The van der Waals surface area contributed by atoms with Crippen LogP contribution >= 0.6 is 11.6 Å². The number of nitrogens with one attached hydrogen (secondary N) is 1. The monoisotopic (exact) mass is 314 g/mol. The topological polar surface area (TPSA) is 93.2 Å². The minimum Gasteiger partial charge on any atom is -0.258 e. The lowest BCUT2D eigenvalue weighted by molar-refractivity contribution is -0.636. The highest BCUT2D eigenvalue weighted by molar-refractivity contribution is 7.92. The molecule has 0 saturated carbocycles. The van der Waals surface area contributed by atoms with Crippen molar-refractivity contribution in [2.24, 2.45) is 0 Å². The molecule has 1 heterocycles. The first kappa shape index (κ1) is 14.2. The Morgan fingerprint density at radius 3 is 2.45 bits per heavy atom. The molecule has 1 aromatic heterocycles. The molecule has 0 bridgehead atoms. The summed E-state index contributed by atoms with van der Waals surface area (Å²) in [5.74, 6) is 0. The molecule has 0 unspecified atom stereocenters. The molecule has 104 valence electrons. The van der Waals surface area contributed by atoms with E-state index in [-0.39, 0.29) is 9.92 Å². The smallest absolute Gasteiger partial charge is 0.258 e. The highest BCUT2D eigenvalue weighted by atomic mass is 35.5. The summed E-state index contributed by atoms with van der Waals surface area (Å²) >= 11 is 5.64. The maximum atomic E-state index is 12.1. The van der Waals surface area contributed by atoms with E-state index in [0.717, 1.165) is 6.07 Å². The molecule has 0 aliphatic rings. The van der Waals surface area contributed by atoms with Crippen LogP contribution in [-0.4, -0.2) is 13.3 Å². The van der Waals surface area contributed by atoms with Crippen molar-refractivity contribution in [2.45, 2.75) is 4.90 Å². The molecular formula is C11H9ClN3O4S+. The van der Waals surface area contributed by atoms with E-state index < -0.39 is 20.6 Å². The lowest BCUT2D eigenvalue weighted by atomic mass is 10.3. The number of hydrogen-bond acceptors (Lipinski definition) is 4. The second kappa shape index (κ2) is 5.43. The second-order valence-corrected chi connectivity index (χ2v) is 5.82. The van der Waals surface area contributed by atoms with E-state index in [1.165, 1.54) is 29.2 Å². The van der Waals surface area contributed by atoms with Gasteiger partial charge in [-0.15, -0.1) is 0 Å². The first-order chi connectivity index (χ1) is 9.40. The van der Waals surface area contributed by atoms with Gasteiger partial charge in [-0.3, -0.25) is 10.1 Å². The van der Waals surface area contributed by atoms with Crippen LogP contribution in [0.3, 0.4) is 0 Å². The maximum absolute atomic E-state index is 12.1. The SMILES string of the molecule is O=[N+]([O-])c1cc(S(=O)(=O)N[n+]2ccccc2)ccc1Cl. The lowest BCUT2D eigenvalue weighted by Gasteiger charge is -2.03. The summed E-state index contributed by atoms with van der Waals surface area (Å²) in [6, 6.07) is 8.26. The summed E-state index contributed by atoms with van der Waals surface area (Å²) < 4.78 is 25.4. The van der Waals surface area contributed by atoms with Crippen molar-refractivity contribution in [1.29, 1.82) is 0 Å². The maximum Gasteiger partial charge on any atom is 0.306 e. The molecule has 20 heavy (non-hydrogen) atoms. The van der Waals surface area contributed by atoms with E-state index in [2.05, 4.69) is 4.83 Å². The van der Waals surface area contributed by atoms with E-state index in [1.807, 2.05) is 0 Å². The summed E-state index contributed by atoms with van der Waals surface area (Å²) in [5.41, 5.74) is -0.465. The number of nitro benzene ring substituents is 1. The second-order valence-electron chi connectivity index (χ2n) is 3.75. The molecular weight excluding hydrogens is 306 g/mol. The van der Waals surface area contributed by atoms with Crippen molar-refractivity contribution in [2.75, 3.05) is 4.83 Å². The van der Waals surface area contributed by atoms with Crippen molar-refractivity contribution < 1.29 is 18.0 Å². The normalized spacial score (nSPS) is 11.1. The molecule has 0 fully saturated rings. The van der Waals surface area contributed by atoms with Crippen molar-refractivity contribution in [3.63, 3.8) is 0 Å². The van der Waals surface area contributed by atoms with Gasteiger partial charge in [-0.1, -0.05) is 27.2 Å². The highest BCUT2D eigenvalue weighted by Crippen LogP contribution is 2.26. The molecule has 7 nitrogen and oxygen atoms in total. The first-order valence-corrected chi connectivity index (χ1v) is 7.19. The van der Waals surface area contributed by atoms with E-state index >= 15 is 0 Å². The molecule has 2 rings (SSSR count). The fraction of sp³-hybridized carbons (Fsp3) is 0. The molecule has 1 aromatic carbocycles. The fourth-order valence-corrected chi connectivity index (χ4v) is 2.66. The Labute approximate surface area is 119 Å². The molecule has 1 N–H and O–H groups in total. The molecule has 0 atom stereocenters. The number of sulfonamides is 1. The van der Waals surface area contributed by atoms with Gasteiger partial charge in [0, 0.05) is 18.2 Å². The van der Waals surface area contributed by atoms with Gasteiger partial charge in [0.15, 0.2) is 0 Å². The predicted octanol–water partition coefficient (Wildman–Crippen LogP) is 1.47. The molecule has 0 aliphatic heterocycles. The number of aromatic nitrogens is 1. The Balaban J connectivity index is 2.40. The van der Waals surface area contributed by atoms with Gasteiger partial charge in [0.05, 0.1) is 9.82 Å².